The van der Waals surface area contributed by atoms with E-state index in [1.807, 2.05) is 0 Å². The van der Waals surface area contributed by atoms with Crippen LogP contribution in [0.4, 0.5) is 11.4 Å². The quantitative estimate of drug-likeness (QED) is 0.185. The molecule has 1 aliphatic carbocycles. The molecule has 0 aromatic heterocycles. The average Bonchev–Trinajstić information content (AvgIpc) is 3.08. The molecule has 0 atom stereocenters. The summed E-state index contributed by atoms with van der Waals surface area (Å²) in [6.45, 7) is 21.5. The van der Waals surface area contributed by atoms with Gasteiger partial charge in [0.05, 0.1) is 0 Å². The van der Waals surface area contributed by atoms with E-state index >= 15 is 0 Å². The lowest BCUT2D eigenvalue weighted by molar-refractivity contribution is -0.519. The molecule has 0 fully saturated rings. The minimum absolute atomic E-state index is 1.00. The van der Waals surface area contributed by atoms with E-state index in [9.17, 15) is 0 Å². The van der Waals surface area contributed by atoms with E-state index in [1.54, 1.807) is 0 Å². The third kappa shape index (κ3) is 7.69. The summed E-state index contributed by atoms with van der Waals surface area (Å²) >= 11 is 0. The van der Waals surface area contributed by atoms with Gasteiger partial charge in [0.15, 0.2) is 5.71 Å². The lowest BCUT2D eigenvalue weighted by Gasteiger charge is -2.22. The molecule has 44 heavy (non-hydrogen) atoms. The Morgan fingerprint density at radius 3 is 1.39 bits per heavy atom. The molecular weight excluding hydrogens is 534 g/mol. The first kappa shape index (κ1) is 32.8. The smallest absolute Gasteiger partial charge is 0.199 e. The molecule has 1 aliphatic rings. The number of allylic oxidation sites excluding steroid dienone is 7. The minimum atomic E-state index is 1.00. The van der Waals surface area contributed by atoms with E-state index in [0.29, 0.717) is 0 Å². The number of aryl methyl sites for hydroxylation is 1. The second kappa shape index (κ2) is 16.1. The van der Waals surface area contributed by atoms with E-state index in [-0.39, 0.29) is 0 Å². The Bertz CT molecular complexity index is 1480. The number of nitrogens with zero attached hydrogens (tertiary/aromatic N) is 3. The molecule has 0 saturated carbocycles. The van der Waals surface area contributed by atoms with Crippen LogP contribution in [-0.2, 0) is 6.42 Å². The van der Waals surface area contributed by atoms with Gasteiger partial charge in [-0.05, 0) is 129 Å². The Hall–Kier alpha value is -4.11. The van der Waals surface area contributed by atoms with Gasteiger partial charge in [0.25, 0.3) is 0 Å². The second-order valence-electron chi connectivity index (χ2n) is 11.2. The largest absolute Gasteiger partial charge is 0.372 e. The third-order valence-electron chi connectivity index (χ3n) is 8.88. The number of rotatable bonds is 13. The lowest BCUT2D eigenvalue weighted by Crippen LogP contribution is -2.21. The molecular formula is C41H52N3+. The van der Waals surface area contributed by atoms with E-state index < -0.39 is 0 Å². The van der Waals surface area contributed by atoms with Gasteiger partial charge < -0.3 is 9.80 Å². The standard InChI is InChI=1S/C41H52N3/c1-8-32-15-17-33(18-16-32)40(34-19-25-37(26-20-34)42(9-2)10-3)31-41(35-21-27-38(28-22-35)43(11-4)12-5)36-23-29-39(30-24-36)44(13-6)14-7/h15-31H,8-14H2,1-7H3/q+1. The van der Waals surface area contributed by atoms with Crippen LogP contribution in [0, 0.1) is 0 Å². The predicted molar refractivity (Wildman–Crippen MR) is 194 cm³/mol. The van der Waals surface area contributed by atoms with Gasteiger partial charge in [0.2, 0.25) is 0 Å². The number of anilines is 2. The zero-order valence-corrected chi connectivity index (χ0v) is 28.1. The predicted octanol–water partition coefficient (Wildman–Crippen LogP) is 9.45. The zero-order chi connectivity index (χ0) is 31.5. The third-order valence-corrected chi connectivity index (χ3v) is 8.88. The van der Waals surface area contributed by atoms with Crippen LogP contribution in [0.15, 0.2) is 109 Å². The fraction of sp³-hybridized carbons (Fsp3) is 0.341. The van der Waals surface area contributed by atoms with Crippen molar-refractivity contribution >= 4 is 28.2 Å². The molecule has 3 nitrogen and oxygen atoms in total. The summed E-state index contributed by atoms with van der Waals surface area (Å²) in [4.78, 5) is 4.80. The Morgan fingerprint density at radius 1 is 0.545 bits per heavy atom. The van der Waals surface area contributed by atoms with Crippen molar-refractivity contribution in [3.8, 4) is 0 Å². The van der Waals surface area contributed by atoms with Gasteiger partial charge in [-0.1, -0.05) is 55.5 Å². The van der Waals surface area contributed by atoms with Crippen LogP contribution in [0.1, 0.15) is 70.7 Å². The number of hydrogen-bond donors (Lipinski definition) is 0. The molecule has 0 saturated heterocycles. The SMILES string of the molecule is CCc1ccc(C(=CC(=C2C=CC(=[N+](CC)CC)C=C2)c2ccc(N(CC)CC)cc2)c2ccc(N(CC)CC)cc2)cc1. The first-order valence-corrected chi connectivity index (χ1v) is 16.7. The van der Waals surface area contributed by atoms with Gasteiger partial charge in [-0.3, -0.25) is 0 Å². The summed E-state index contributed by atoms with van der Waals surface area (Å²) in [6.07, 6.45) is 12.6. The van der Waals surface area contributed by atoms with Crippen molar-refractivity contribution in [3.05, 3.63) is 131 Å². The molecule has 0 unspecified atom stereocenters. The van der Waals surface area contributed by atoms with Crippen molar-refractivity contribution in [2.45, 2.75) is 54.9 Å². The highest BCUT2D eigenvalue weighted by atomic mass is 15.1. The van der Waals surface area contributed by atoms with Gasteiger partial charge in [-0.25, -0.2) is 4.58 Å². The van der Waals surface area contributed by atoms with Crippen LogP contribution in [0.3, 0.4) is 0 Å². The lowest BCUT2D eigenvalue weighted by atomic mass is 9.89. The molecule has 3 aromatic rings. The molecule has 230 valence electrons. The van der Waals surface area contributed by atoms with Crippen molar-refractivity contribution in [1.82, 2.24) is 0 Å². The first-order chi connectivity index (χ1) is 21.5. The van der Waals surface area contributed by atoms with Crippen molar-refractivity contribution in [1.29, 1.82) is 0 Å². The van der Waals surface area contributed by atoms with Crippen LogP contribution in [0.2, 0.25) is 0 Å². The Balaban J connectivity index is 1.92. The summed E-state index contributed by atoms with van der Waals surface area (Å²) in [6, 6.07) is 27.4. The molecule has 0 spiro atoms. The highest BCUT2D eigenvalue weighted by Gasteiger charge is 2.15. The van der Waals surface area contributed by atoms with Crippen LogP contribution in [0.25, 0.3) is 11.1 Å². The Morgan fingerprint density at radius 2 is 0.977 bits per heavy atom. The summed E-state index contributed by atoms with van der Waals surface area (Å²) < 4.78 is 2.40. The summed E-state index contributed by atoms with van der Waals surface area (Å²) in [5.74, 6) is 0. The molecule has 0 radical (unpaired) electrons. The second-order valence-corrected chi connectivity index (χ2v) is 11.2. The van der Waals surface area contributed by atoms with Gasteiger partial charge in [0.1, 0.15) is 13.1 Å². The highest BCUT2D eigenvalue weighted by Crippen LogP contribution is 2.33. The molecule has 3 aromatic carbocycles. The molecule has 0 N–H and O–H groups in total. The maximum absolute atomic E-state index is 2.41. The average molecular weight is 587 g/mol. The fourth-order valence-electron chi connectivity index (χ4n) is 6.05. The van der Waals surface area contributed by atoms with Crippen LogP contribution in [0.5, 0.6) is 0 Å². The molecule has 0 bridgehead atoms. The maximum Gasteiger partial charge on any atom is 0.199 e. The van der Waals surface area contributed by atoms with Crippen LogP contribution >= 0.6 is 0 Å². The van der Waals surface area contributed by atoms with Gasteiger partial charge >= 0.3 is 0 Å². The van der Waals surface area contributed by atoms with Gasteiger partial charge in [-0.2, -0.15) is 0 Å². The number of benzene rings is 3. The van der Waals surface area contributed by atoms with E-state index in [0.717, 1.165) is 45.7 Å². The normalized spacial score (nSPS) is 12.9. The molecule has 0 aliphatic heterocycles. The minimum Gasteiger partial charge on any atom is -0.372 e. The van der Waals surface area contributed by atoms with Gasteiger partial charge in [-0.15, -0.1) is 0 Å². The van der Waals surface area contributed by atoms with Crippen LogP contribution in [-0.4, -0.2) is 49.6 Å². The Labute approximate surface area is 267 Å². The van der Waals surface area contributed by atoms with E-state index in [2.05, 4.69) is 166 Å². The molecule has 0 amide bonds. The van der Waals surface area contributed by atoms with Gasteiger partial charge in [0, 0.05) is 49.7 Å². The first-order valence-electron chi connectivity index (χ1n) is 16.7. The van der Waals surface area contributed by atoms with Crippen molar-refractivity contribution in [2.24, 2.45) is 0 Å². The van der Waals surface area contributed by atoms with Crippen LogP contribution < -0.4 is 9.80 Å². The highest BCUT2D eigenvalue weighted by molar-refractivity contribution is 6.04. The fourth-order valence-corrected chi connectivity index (χ4v) is 6.05. The summed E-state index contributed by atoms with van der Waals surface area (Å²) in [7, 11) is 0. The summed E-state index contributed by atoms with van der Waals surface area (Å²) in [5, 5.41) is 0. The monoisotopic (exact) mass is 586 g/mol. The van der Waals surface area contributed by atoms with Crippen molar-refractivity contribution < 1.29 is 4.58 Å². The number of hydrogen-bond acceptors (Lipinski definition) is 2. The van der Waals surface area contributed by atoms with E-state index in [4.69, 9.17) is 0 Å². The van der Waals surface area contributed by atoms with Crippen molar-refractivity contribution in [3.63, 3.8) is 0 Å². The van der Waals surface area contributed by atoms with E-state index in [1.165, 1.54) is 56.1 Å². The Kier molecular flexibility index (Phi) is 12.0. The molecule has 4 rings (SSSR count). The molecule has 0 heterocycles. The topological polar surface area (TPSA) is 9.49 Å². The van der Waals surface area contributed by atoms with Crippen molar-refractivity contribution in [2.75, 3.05) is 49.1 Å². The zero-order valence-electron chi connectivity index (χ0n) is 28.1. The summed E-state index contributed by atoms with van der Waals surface area (Å²) in [5.41, 5.74) is 12.5. The maximum atomic E-state index is 2.41. The molecule has 3 heteroatoms.